The number of carbonyl (C=O) groups excluding carboxylic acids is 2. The molecule has 5 nitrogen and oxygen atoms in total. The van der Waals surface area contributed by atoms with Gasteiger partial charge in [-0.15, -0.1) is 0 Å². The summed E-state index contributed by atoms with van der Waals surface area (Å²) < 4.78 is 10.2. The molecule has 0 radical (unpaired) electrons. The molecular weight excluding hydrogens is 330 g/mol. The number of nitrogens with one attached hydrogen (secondary N) is 1. The average molecular weight is 353 g/mol. The molecule has 0 saturated heterocycles. The van der Waals surface area contributed by atoms with E-state index in [2.05, 4.69) is 17.0 Å². The van der Waals surface area contributed by atoms with Gasteiger partial charge in [0.05, 0.1) is 19.3 Å². The van der Waals surface area contributed by atoms with E-state index < -0.39 is 0 Å². The van der Waals surface area contributed by atoms with E-state index in [1.54, 1.807) is 54.7 Å². The van der Waals surface area contributed by atoms with Gasteiger partial charge >= 0.3 is 5.97 Å². The Kier molecular flexibility index (Phi) is 7.43. The Morgan fingerprint density at radius 1 is 1.00 bits per heavy atom. The van der Waals surface area contributed by atoms with E-state index in [0.717, 1.165) is 24.3 Å². The molecule has 1 N–H and O–H groups in total. The molecule has 0 aromatic heterocycles. The molecule has 5 heteroatoms. The molecule has 0 aliphatic carbocycles. The van der Waals surface area contributed by atoms with E-state index in [4.69, 9.17) is 4.74 Å². The first-order chi connectivity index (χ1) is 12.6. The normalized spacial score (nSPS) is 10.5. The lowest BCUT2D eigenvalue weighted by atomic mass is 10.1. The van der Waals surface area contributed by atoms with Crippen LogP contribution in [0.15, 0.2) is 60.8 Å². The number of methoxy groups -OCH3 is 1. The van der Waals surface area contributed by atoms with Gasteiger partial charge in [0.25, 0.3) is 0 Å². The highest BCUT2D eigenvalue weighted by atomic mass is 16.5. The topological polar surface area (TPSA) is 64.6 Å². The fraction of sp³-hybridized carbons (Fsp3) is 0.238. The fourth-order valence-corrected chi connectivity index (χ4v) is 2.18. The number of hydrogen-bond acceptors (Lipinski definition) is 5. The van der Waals surface area contributed by atoms with E-state index in [1.165, 1.54) is 13.2 Å². The lowest BCUT2D eigenvalue weighted by Gasteiger charge is -2.05. The largest absolute Gasteiger partial charge is 0.494 e. The van der Waals surface area contributed by atoms with Crippen molar-refractivity contribution in [3.63, 3.8) is 0 Å². The Balaban J connectivity index is 1.87. The maximum absolute atomic E-state index is 12.2. The van der Waals surface area contributed by atoms with Crippen LogP contribution >= 0.6 is 0 Å². The first-order valence-corrected chi connectivity index (χ1v) is 8.52. The Bertz CT molecular complexity index is 749. The van der Waals surface area contributed by atoms with Crippen molar-refractivity contribution in [1.82, 2.24) is 0 Å². The maximum Gasteiger partial charge on any atom is 0.337 e. The van der Waals surface area contributed by atoms with Crippen LogP contribution in [-0.4, -0.2) is 25.5 Å². The fourth-order valence-electron chi connectivity index (χ4n) is 2.18. The number of ether oxygens (including phenoxy) is 2. The van der Waals surface area contributed by atoms with Gasteiger partial charge in [0.2, 0.25) is 0 Å². The third-order valence-electron chi connectivity index (χ3n) is 3.70. The van der Waals surface area contributed by atoms with Crippen LogP contribution in [0, 0.1) is 0 Å². The van der Waals surface area contributed by atoms with Crippen LogP contribution in [0.25, 0.3) is 0 Å². The molecule has 0 amide bonds. The maximum atomic E-state index is 12.2. The SMILES string of the molecule is CCCCOc1ccc(C(=O)C=CNc2ccc(C(=O)OC)cc2)cc1. The van der Waals surface area contributed by atoms with Crippen molar-refractivity contribution in [1.29, 1.82) is 0 Å². The number of ketones is 1. The number of hydrogen-bond donors (Lipinski definition) is 1. The van der Waals surface area contributed by atoms with E-state index >= 15 is 0 Å². The minimum Gasteiger partial charge on any atom is -0.494 e. The highest BCUT2D eigenvalue weighted by molar-refractivity contribution is 6.04. The number of unbranched alkanes of at least 4 members (excludes halogenated alkanes) is 1. The van der Waals surface area contributed by atoms with Crippen molar-refractivity contribution >= 4 is 17.4 Å². The number of esters is 1. The van der Waals surface area contributed by atoms with Crippen molar-refractivity contribution in [2.24, 2.45) is 0 Å². The summed E-state index contributed by atoms with van der Waals surface area (Å²) in [5, 5.41) is 3.00. The number of anilines is 1. The zero-order valence-corrected chi connectivity index (χ0v) is 15.0. The van der Waals surface area contributed by atoms with Crippen LogP contribution in [-0.2, 0) is 4.74 Å². The van der Waals surface area contributed by atoms with Crippen LogP contribution in [0.4, 0.5) is 5.69 Å². The Hall–Kier alpha value is -3.08. The summed E-state index contributed by atoms with van der Waals surface area (Å²) in [4.78, 5) is 23.5. The average Bonchev–Trinajstić information content (AvgIpc) is 2.68. The summed E-state index contributed by atoms with van der Waals surface area (Å²) in [6, 6.07) is 13.9. The van der Waals surface area contributed by atoms with E-state index in [0.29, 0.717) is 17.7 Å². The zero-order chi connectivity index (χ0) is 18.8. The van der Waals surface area contributed by atoms with Gasteiger partial charge in [0, 0.05) is 23.5 Å². The quantitative estimate of drug-likeness (QED) is 0.312. The van der Waals surface area contributed by atoms with Crippen molar-refractivity contribution in [3.05, 3.63) is 71.9 Å². The minimum atomic E-state index is -0.385. The second-order valence-electron chi connectivity index (χ2n) is 5.64. The lowest BCUT2D eigenvalue weighted by Crippen LogP contribution is -2.01. The highest BCUT2D eigenvalue weighted by Gasteiger charge is 2.04. The van der Waals surface area contributed by atoms with Crippen molar-refractivity contribution in [2.75, 3.05) is 19.0 Å². The molecule has 0 heterocycles. The summed E-state index contributed by atoms with van der Waals surface area (Å²) in [7, 11) is 1.34. The highest BCUT2D eigenvalue weighted by Crippen LogP contribution is 2.14. The number of carbonyl (C=O) groups is 2. The summed E-state index contributed by atoms with van der Waals surface area (Å²) in [6.45, 7) is 2.79. The summed E-state index contributed by atoms with van der Waals surface area (Å²) >= 11 is 0. The third-order valence-corrected chi connectivity index (χ3v) is 3.70. The van der Waals surface area contributed by atoms with E-state index in [1.807, 2.05) is 0 Å². The predicted octanol–water partition coefficient (Wildman–Crippen LogP) is 4.46. The molecule has 0 aliphatic heterocycles. The first-order valence-electron chi connectivity index (χ1n) is 8.52. The molecule has 0 atom stereocenters. The smallest absolute Gasteiger partial charge is 0.337 e. The molecular formula is C21H23NO4. The second-order valence-corrected chi connectivity index (χ2v) is 5.64. The number of benzene rings is 2. The predicted molar refractivity (Wildman–Crippen MR) is 102 cm³/mol. The van der Waals surface area contributed by atoms with Crippen LogP contribution in [0.3, 0.4) is 0 Å². The molecule has 2 rings (SSSR count). The van der Waals surface area contributed by atoms with Gasteiger partial charge in [-0.25, -0.2) is 4.79 Å². The minimum absolute atomic E-state index is 0.108. The summed E-state index contributed by atoms with van der Waals surface area (Å²) in [6.07, 6.45) is 5.12. The van der Waals surface area contributed by atoms with E-state index in [-0.39, 0.29) is 11.8 Å². The van der Waals surface area contributed by atoms with Gasteiger partial charge in [0.1, 0.15) is 5.75 Å². The van der Waals surface area contributed by atoms with Crippen LogP contribution in [0.5, 0.6) is 5.75 Å². The first kappa shape index (κ1) is 19.2. The number of rotatable bonds is 9. The molecule has 0 bridgehead atoms. The molecule has 2 aromatic carbocycles. The lowest BCUT2D eigenvalue weighted by molar-refractivity contribution is 0.0600. The van der Waals surface area contributed by atoms with Crippen LogP contribution in [0.2, 0.25) is 0 Å². The standard InChI is InChI=1S/C21H23NO4/c1-3-4-15-26-19-11-7-16(8-12-19)20(23)13-14-22-18-9-5-17(6-10-18)21(24)25-2/h5-14,22H,3-4,15H2,1-2H3. The van der Waals surface area contributed by atoms with Gasteiger partial charge in [-0.2, -0.15) is 0 Å². The summed E-state index contributed by atoms with van der Waals surface area (Å²) in [5.41, 5.74) is 1.83. The van der Waals surface area contributed by atoms with E-state index in [9.17, 15) is 9.59 Å². The molecule has 26 heavy (non-hydrogen) atoms. The monoisotopic (exact) mass is 353 g/mol. The molecule has 0 unspecified atom stereocenters. The van der Waals surface area contributed by atoms with Gasteiger partial charge in [0.15, 0.2) is 5.78 Å². The van der Waals surface area contributed by atoms with Crippen molar-refractivity contribution in [3.8, 4) is 5.75 Å². The number of allylic oxidation sites excluding steroid dienone is 1. The van der Waals surface area contributed by atoms with Crippen LogP contribution < -0.4 is 10.1 Å². The molecule has 0 saturated carbocycles. The van der Waals surface area contributed by atoms with Gasteiger partial charge in [-0.05, 0) is 55.0 Å². The molecule has 0 aliphatic rings. The van der Waals surface area contributed by atoms with Gasteiger partial charge in [-0.1, -0.05) is 13.3 Å². The van der Waals surface area contributed by atoms with Crippen molar-refractivity contribution < 1.29 is 19.1 Å². The van der Waals surface area contributed by atoms with Crippen molar-refractivity contribution in [2.45, 2.75) is 19.8 Å². The van der Waals surface area contributed by atoms with Crippen LogP contribution in [0.1, 0.15) is 40.5 Å². The molecule has 136 valence electrons. The molecule has 0 spiro atoms. The third kappa shape index (κ3) is 5.77. The van der Waals surface area contributed by atoms with Gasteiger partial charge in [-0.3, -0.25) is 4.79 Å². The molecule has 0 fully saturated rings. The summed E-state index contributed by atoms with van der Waals surface area (Å²) in [5.74, 6) is 0.274. The Morgan fingerprint density at radius 3 is 2.27 bits per heavy atom. The zero-order valence-electron chi connectivity index (χ0n) is 15.0. The van der Waals surface area contributed by atoms with Gasteiger partial charge < -0.3 is 14.8 Å². The Labute approximate surface area is 153 Å². The Morgan fingerprint density at radius 2 is 1.65 bits per heavy atom. The molecule has 2 aromatic rings. The second kappa shape index (κ2) is 10.0.